The number of terminal acetylenes is 1. The van der Waals surface area contributed by atoms with Crippen molar-refractivity contribution in [2.75, 3.05) is 31.9 Å². The molecule has 17 heavy (non-hydrogen) atoms. The minimum atomic E-state index is -3.19. The molecule has 0 aromatic rings. The van der Waals surface area contributed by atoms with Crippen molar-refractivity contribution in [1.82, 2.24) is 9.62 Å². The maximum atomic E-state index is 12.0. The Kier molecular flexibility index (Phi) is 5.96. The molecule has 1 rings (SSSR count). The highest BCUT2D eigenvalue weighted by molar-refractivity contribution is 7.89. The van der Waals surface area contributed by atoms with Crippen molar-refractivity contribution < 1.29 is 8.42 Å². The molecule has 0 aromatic carbocycles. The molecule has 0 radical (unpaired) electrons. The molecule has 0 bridgehead atoms. The van der Waals surface area contributed by atoms with Gasteiger partial charge in [-0.1, -0.05) is 12.8 Å². The van der Waals surface area contributed by atoms with E-state index in [2.05, 4.69) is 18.2 Å². The first kappa shape index (κ1) is 14.5. The minimum Gasteiger partial charge on any atom is -0.316 e. The van der Waals surface area contributed by atoms with Crippen LogP contribution in [-0.4, -0.2) is 44.7 Å². The molecule has 1 aliphatic rings. The summed E-state index contributed by atoms with van der Waals surface area (Å²) in [4.78, 5) is 0. The van der Waals surface area contributed by atoms with Crippen LogP contribution in [-0.2, 0) is 10.0 Å². The van der Waals surface area contributed by atoms with Crippen LogP contribution in [0.1, 0.15) is 26.2 Å². The lowest BCUT2D eigenvalue weighted by Gasteiger charge is -2.19. The van der Waals surface area contributed by atoms with Gasteiger partial charge < -0.3 is 5.32 Å². The molecule has 1 aliphatic carbocycles. The zero-order valence-corrected chi connectivity index (χ0v) is 11.3. The molecule has 0 unspecified atom stereocenters. The second-order valence-corrected chi connectivity index (χ2v) is 6.59. The van der Waals surface area contributed by atoms with Crippen molar-refractivity contribution in [3.63, 3.8) is 0 Å². The highest BCUT2D eigenvalue weighted by Gasteiger charge is 2.29. The Morgan fingerprint density at radius 2 is 2.12 bits per heavy atom. The first-order valence-corrected chi connectivity index (χ1v) is 7.83. The fourth-order valence-electron chi connectivity index (χ4n) is 1.60. The quantitative estimate of drug-likeness (QED) is 0.488. The summed E-state index contributed by atoms with van der Waals surface area (Å²) in [6.07, 6.45) is 8.50. The van der Waals surface area contributed by atoms with Gasteiger partial charge >= 0.3 is 0 Å². The Morgan fingerprint density at radius 3 is 2.65 bits per heavy atom. The van der Waals surface area contributed by atoms with Gasteiger partial charge in [-0.05, 0) is 31.7 Å². The van der Waals surface area contributed by atoms with E-state index in [9.17, 15) is 8.42 Å². The normalized spacial score (nSPS) is 16.1. The van der Waals surface area contributed by atoms with Gasteiger partial charge in [-0.3, -0.25) is 0 Å². The highest BCUT2D eigenvalue weighted by Crippen LogP contribution is 2.30. The standard InChI is InChI=1S/C12H22N2O2S/c1-3-7-13-8-10-17(15,16)14(9-4-2)11-12-5-6-12/h2,12-13H,3,5-11H2,1H3. The molecule has 0 atom stereocenters. The average molecular weight is 258 g/mol. The van der Waals surface area contributed by atoms with Gasteiger partial charge in [-0.25, -0.2) is 8.42 Å². The van der Waals surface area contributed by atoms with E-state index in [0.29, 0.717) is 19.0 Å². The molecule has 0 spiro atoms. The third-order valence-corrected chi connectivity index (χ3v) is 4.57. The Labute approximate surface area is 105 Å². The van der Waals surface area contributed by atoms with Crippen molar-refractivity contribution in [2.45, 2.75) is 26.2 Å². The lowest BCUT2D eigenvalue weighted by molar-refractivity contribution is 0.429. The number of hydrogen-bond acceptors (Lipinski definition) is 3. The van der Waals surface area contributed by atoms with Crippen LogP contribution in [0.3, 0.4) is 0 Å². The molecule has 5 heteroatoms. The van der Waals surface area contributed by atoms with E-state index in [-0.39, 0.29) is 12.3 Å². The van der Waals surface area contributed by atoms with Crippen LogP contribution in [0.2, 0.25) is 0 Å². The van der Waals surface area contributed by atoms with Crippen LogP contribution in [0.15, 0.2) is 0 Å². The molecule has 1 N–H and O–H groups in total. The summed E-state index contributed by atoms with van der Waals surface area (Å²) in [6, 6.07) is 0. The first-order valence-electron chi connectivity index (χ1n) is 6.22. The van der Waals surface area contributed by atoms with E-state index in [0.717, 1.165) is 25.8 Å². The highest BCUT2D eigenvalue weighted by atomic mass is 32.2. The first-order chi connectivity index (χ1) is 8.10. The van der Waals surface area contributed by atoms with Crippen molar-refractivity contribution in [3.8, 4) is 12.3 Å². The van der Waals surface area contributed by atoms with Crippen LogP contribution in [0.5, 0.6) is 0 Å². The minimum absolute atomic E-state index is 0.140. The number of nitrogens with zero attached hydrogens (tertiary/aromatic N) is 1. The molecule has 0 amide bonds. The summed E-state index contributed by atoms with van der Waals surface area (Å²) >= 11 is 0. The van der Waals surface area contributed by atoms with Crippen molar-refractivity contribution in [2.24, 2.45) is 5.92 Å². The van der Waals surface area contributed by atoms with Gasteiger partial charge in [0.15, 0.2) is 0 Å². The van der Waals surface area contributed by atoms with Crippen LogP contribution in [0, 0.1) is 18.3 Å². The monoisotopic (exact) mass is 258 g/mol. The van der Waals surface area contributed by atoms with Gasteiger partial charge in [-0.15, -0.1) is 6.42 Å². The SMILES string of the molecule is C#CCN(CC1CC1)S(=O)(=O)CCNCCC. The lowest BCUT2D eigenvalue weighted by atomic mass is 10.4. The van der Waals surface area contributed by atoms with Gasteiger partial charge in [0.2, 0.25) is 10.0 Å². The second-order valence-electron chi connectivity index (χ2n) is 4.51. The number of sulfonamides is 1. The third kappa shape index (κ3) is 5.53. The lowest BCUT2D eigenvalue weighted by Crippen LogP contribution is -2.38. The van der Waals surface area contributed by atoms with Crippen molar-refractivity contribution in [3.05, 3.63) is 0 Å². The maximum absolute atomic E-state index is 12.0. The van der Waals surface area contributed by atoms with E-state index in [1.54, 1.807) is 0 Å². The zero-order chi connectivity index (χ0) is 12.7. The van der Waals surface area contributed by atoms with Gasteiger partial charge in [0, 0.05) is 13.1 Å². The van der Waals surface area contributed by atoms with Crippen LogP contribution in [0.4, 0.5) is 0 Å². The molecule has 4 nitrogen and oxygen atoms in total. The largest absolute Gasteiger partial charge is 0.316 e. The topological polar surface area (TPSA) is 49.4 Å². The number of nitrogens with one attached hydrogen (secondary N) is 1. The Morgan fingerprint density at radius 1 is 1.41 bits per heavy atom. The molecule has 0 heterocycles. The second kappa shape index (κ2) is 7.00. The van der Waals surface area contributed by atoms with E-state index < -0.39 is 10.0 Å². The van der Waals surface area contributed by atoms with Crippen LogP contribution in [0.25, 0.3) is 0 Å². The summed E-state index contributed by atoms with van der Waals surface area (Å²) in [5, 5.41) is 3.10. The average Bonchev–Trinajstić information content (AvgIpc) is 3.08. The van der Waals surface area contributed by atoms with E-state index in [4.69, 9.17) is 6.42 Å². The Hall–Kier alpha value is -0.570. The summed E-state index contributed by atoms with van der Waals surface area (Å²) in [6.45, 7) is 4.21. The van der Waals surface area contributed by atoms with E-state index in [1.807, 2.05) is 0 Å². The van der Waals surface area contributed by atoms with Crippen molar-refractivity contribution >= 4 is 10.0 Å². The predicted molar refractivity (Wildman–Crippen MR) is 70.1 cm³/mol. The smallest absolute Gasteiger partial charge is 0.216 e. The summed E-state index contributed by atoms with van der Waals surface area (Å²) in [7, 11) is -3.19. The Bertz CT molecular complexity index is 355. The summed E-state index contributed by atoms with van der Waals surface area (Å²) in [5.74, 6) is 3.10. The molecule has 0 aromatic heterocycles. The van der Waals surface area contributed by atoms with Crippen LogP contribution >= 0.6 is 0 Å². The number of rotatable bonds is 9. The maximum Gasteiger partial charge on any atom is 0.216 e. The molecule has 0 aliphatic heterocycles. The zero-order valence-electron chi connectivity index (χ0n) is 10.5. The molecule has 0 saturated heterocycles. The molecular formula is C12H22N2O2S. The van der Waals surface area contributed by atoms with Gasteiger partial charge in [-0.2, -0.15) is 4.31 Å². The fraction of sp³-hybridized carbons (Fsp3) is 0.833. The van der Waals surface area contributed by atoms with E-state index >= 15 is 0 Å². The summed E-state index contributed by atoms with van der Waals surface area (Å²) in [5.41, 5.74) is 0. The van der Waals surface area contributed by atoms with Gasteiger partial charge in [0.05, 0.1) is 12.3 Å². The molecule has 1 saturated carbocycles. The molecular weight excluding hydrogens is 236 g/mol. The Balaban J connectivity index is 2.42. The molecule has 1 fully saturated rings. The van der Waals surface area contributed by atoms with Crippen LogP contribution < -0.4 is 5.32 Å². The predicted octanol–water partition coefficient (Wildman–Crippen LogP) is 0.661. The number of hydrogen-bond donors (Lipinski definition) is 1. The summed E-state index contributed by atoms with van der Waals surface area (Å²) < 4.78 is 25.5. The van der Waals surface area contributed by atoms with Gasteiger partial charge in [0.1, 0.15) is 0 Å². The van der Waals surface area contributed by atoms with Gasteiger partial charge in [0.25, 0.3) is 0 Å². The van der Waals surface area contributed by atoms with Crippen molar-refractivity contribution in [1.29, 1.82) is 0 Å². The fourth-order valence-corrected chi connectivity index (χ4v) is 2.97. The molecule has 98 valence electrons. The third-order valence-electron chi connectivity index (χ3n) is 2.78. The van der Waals surface area contributed by atoms with E-state index in [1.165, 1.54) is 4.31 Å².